The van der Waals surface area contributed by atoms with Crippen molar-refractivity contribution in [2.24, 2.45) is 5.10 Å². The van der Waals surface area contributed by atoms with E-state index < -0.39 is 0 Å². The van der Waals surface area contributed by atoms with E-state index in [-0.39, 0.29) is 11.8 Å². The van der Waals surface area contributed by atoms with Crippen LogP contribution in [0.15, 0.2) is 84.0 Å². The largest absolute Gasteiger partial charge is 0.497 e. The van der Waals surface area contributed by atoms with E-state index in [2.05, 4.69) is 15.8 Å². The minimum absolute atomic E-state index is 0.171. The van der Waals surface area contributed by atoms with E-state index in [1.807, 2.05) is 30.3 Å². The van der Waals surface area contributed by atoms with Gasteiger partial charge in [0.2, 0.25) is 0 Å². The zero-order chi connectivity index (χ0) is 20.6. The molecule has 6 nitrogen and oxygen atoms in total. The number of methoxy groups -OCH3 is 1. The molecule has 2 amide bonds. The molecule has 0 saturated heterocycles. The minimum atomic E-state index is -0.307. The van der Waals surface area contributed by atoms with Gasteiger partial charge in [0.05, 0.1) is 12.8 Å². The van der Waals surface area contributed by atoms with Crippen molar-refractivity contribution in [1.82, 2.24) is 5.43 Å². The standard InChI is InChI=1S/C23H21N3O3/c1-16(25-26-23(28)19-10-14-21(29-2)15-11-19)17-8-12-20(13-9-17)24-22(27)18-6-4-3-5-7-18/h3-15H,1-2H3,(H,24,27)(H,26,28)/b25-16-. The van der Waals surface area contributed by atoms with E-state index in [1.165, 1.54) is 0 Å². The molecule has 0 aliphatic rings. The Hall–Kier alpha value is -3.93. The molecular weight excluding hydrogens is 366 g/mol. The lowest BCUT2D eigenvalue weighted by atomic mass is 10.1. The van der Waals surface area contributed by atoms with Crippen molar-refractivity contribution in [2.45, 2.75) is 6.92 Å². The third-order valence-corrected chi connectivity index (χ3v) is 4.27. The van der Waals surface area contributed by atoms with E-state index in [9.17, 15) is 9.59 Å². The second-order valence-electron chi connectivity index (χ2n) is 6.26. The Morgan fingerprint density at radius 1 is 0.759 bits per heavy atom. The first-order valence-corrected chi connectivity index (χ1v) is 9.02. The molecule has 0 spiro atoms. The van der Waals surface area contributed by atoms with Crippen LogP contribution in [0.4, 0.5) is 5.69 Å². The molecule has 3 rings (SSSR count). The summed E-state index contributed by atoms with van der Waals surface area (Å²) >= 11 is 0. The molecule has 0 radical (unpaired) electrons. The lowest BCUT2D eigenvalue weighted by Crippen LogP contribution is -2.19. The Morgan fingerprint density at radius 3 is 1.97 bits per heavy atom. The molecule has 0 aliphatic carbocycles. The Balaban J connectivity index is 1.61. The summed E-state index contributed by atoms with van der Waals surface area (Å²) < 4.78 is 5.08. The van der Waals surface area contributed by atoms with Crippen LogP contribution in [0.2, 0.25) is 0 Å². The third kappa shape index (κ3) is 5.29. The van der Waals surface area contributed by atoms with E-state index >= 15 is 0 Å². The summed E-state index contributed by atoms with van der Waals surface area (Å²) in [7, 11) is 1.57. The van der Waals surface area contributed by atoms with Gasteiger partial charge in [0.25, 0.3) is 11.8 Å². The maximum atomic E-state index is 12.2. The summed E-state index contributed by atoms with van der Waals surface area (Å²) in [6.45, 7) is 1.80. The summed E-state index contributed by atoms with van der Waals surface area (Å²) in [6, 6.07) is 23.0. The predicted molar refractivity (Wildman–Crippen MR) is 114 cm³/mol. The molecule has 0 bridgehead atoms. The number of rotatable bonds is 6. The summed E-state index contributed by atoms with van der Waals surface area (Å²) in [4.78, 5) is 24.4. The normalized spacial score (nSPS) is 10.9. The molecule has 0 unspecified atom stereocenters. The molecule has 146 valence electrons. The molecule has 0 fully saturated rings. The van der Waals surface area contributed by atoms with Crippen LogP contribution in [0.1, 0.15) is 33.2 Å². The first kappa shape index (κ1) is 19.8. The quantitative estimate of drug-likeness (QED) is 0.494. The molecular formula is C23H21N3O3. The van der Waals surface area contributed by atoms with E-state index in [4.69, 9.17) is 4.74 Å². The summed E-state index contributed by atoms with van der Waals surface area (Å²) in [5.74, 6) is 0.204. The van der Waals surface area contributed by atoms with Crippen LogP contribution in [0.25, 0.3) is 0 Å². The lowest BCUT2D eigenvalue weighted by molar-refractivity contribution is 0.0954. The summed E-state index contributed by atoms with van der Waals surface area (Å²) in [5, 5.41) is 7.00. The van der Waals surface area contributed by atoms with Crippen LogP contribution >= 0.6 is 0 Å². The number of hydrogen-bond donors (Lipinski definition) is 2. The van der Waals surface area contributed by atoms with Crippen molar-refractivity contribution >= 4 is 23.2 Å². The Labute approximate surface area is 169 Å². The monoisotopic (exact) mass is 387 g/mol. The molecule has 0 atom stereocenters. The third-order valence-electron chi connectivity index (χ3n) is 4.27. The fraction of sp³-hybridized carbons (Fsp3) is 0.0870. The molecule has 0 heterocycles. The lowest BCUT2D eigenvalue weighted by Gasteiger charge is -2.07. The van der Waals surface area contributed by atoms with Gasteiger partial charge in [-0.15, -0.1) is 0 Å². The zero-order valence-electron chi connectivity index (χ0n) is 16.2. The Morgan fingerprint density at radius 2 is 1.34 bits per heavy atom. The van der Waals surface area contributed by atoms with Gasteiger partial charge in [0.15, 0.2) is 0 Å². The van der Waals surface area contributed by atoms with E-state index in [0.29, 0.717) is 28.3 Å². The van der Waals surface area contributed by atoms with E-state index in [1.54, 1.807) is 62.6 Å². The molecule has 0 aliphatic heterocycles. The number of ether oxygens (including phenoxy) is 1. The first-order valence-electron chi connectivity index (χ1n) is 9.02. The van der Waals surface area contributed by atoms with Gasteiger partial charge in [-0.1, -0.05) is 30.3 Å². The van der Waals surface area contributed by atoms with Crippen molar-refractivity contribution in [3.05, 3.63) is 95.6 Å². The van der Waals surface area contributed by atoms with Gasteiger partial charge in [-0.2, -0.15) is 5.10 Å². The number of nitrogens with zero attached hydrogens (tertiary/aromatic N) is 1. The predicted octanol–water partition coefficient (Wildman–Crippen LogP) is 4.10. The Bertz CT molecular complexity index is 1010. The number of nitrogens with one attached hydrogen (secondary N) is 2. The van der Waals surface area contributed by atoms with Gasteiger partial charge < -0.3 is 10.1 Å². The zero-order valence-corrected chi connectivity index (χ0v) is 16.2. The number of carbonyl (C=O) groups excluding carboxylic acids is 2. The number of hydrazone groups is 1. The van der Waals surface area contributed by atoms with Crippen molar-refractivity contribution < 1.29 is 14.3 Å². The van der Waals surface area contributed by atoms with Crippen molar-refractivity contribution in [3.63, 3.8) is 0 Å². The maximum Gasteiger partial charge on any atom is 0.271 e. The molecule has 3 aromatic rings. The smallest absolute Gasteiger partial charge is 0.271 e. The number of benzene rings is 3. The van der Waals surface area contributed by atoms with Gasteiger partial charge in [-0.05, 0) is 61.0 Å². The number of hydrogen-bond acceptors (Lipinski definition) is 4. The second-order valence-corrected chi connectivity index (χ2v) is 6.26. The van der Waals surface area contributed by atoms with Gasteiger partial charge in [0.1, 0.15) is 5.75 Å². The van der Waals surface area contributed by atoms with Gasteiger partial charge >= 0.3 is 0 Å². The van der Waals surface area contributed by atoms with Crippen LogP contribution in [-0.4, -0.2) is 24.6 Å². The molecule has 29 heavy (non-hydrogen) atoms. The van der Waals surface area contributed by atoms with E-state index in [0.717, 1.165) is 5.56 Å². The highest BCUT2D eigenvalue weighted by Gasteiger charge is 2.07. The topological polar surface area (TPSA) is 79.8 Å². The van der Waals surface area contributed by atoms with Crippen LogP contribution in [0, 0.1) is 0 Å². The van der Waals surface area contributed by atoms with Crippen molar-refractivity contribution in [2.75, 3.05) is 12.4 Å². The van der Waals surface area contributed by atoms with Crippen molar-refractivity contribution in [3.8, 4) is 5.75 Å². The maximum absolute atomic E-state index is 12.2. The molecule has 6 heteroatoms. The van der Waals surface area contributed by atoms with Gasteiger partial charge in [0, 0.05) is 16.8 Å². The first-order chi connectivity index (χ1) is 14.1. The number of amides is 2. The average molecular weight is 387 g/mol. The molecule has 3 aromatic carbocycles. The summed E-state index contributed by atoms with van der Waals surface area (Å²) in [6.07, 6.45) is 0. The van der Waals surface area contributed by atoms with Crippen LogP contribution in [-0.2, 0) is 0 Å². The fourth-order valence-electron chi connectivity index (χ4n) is 2.59. The molecule has 0 aromatic heterocycles. The average Bonchev–Trinajstić information content (AvgIpc) is 2.78. The summed E-state index contributed by atoms with van der Waals surface area (Å²) in [5.41, 5.74) is 5.78. The van der Waals surface area contributed by atoms with Crippen LogP contribution < -0.4 is 15.5 Å². The fourth-order valence-corrected chi connectivity index (χ4v) is 2.59. The number of carbonyl (C=O) groups is 2. The highest BCUT2D eigenvalue weighted by Crippen LogP contribution is 2.13. The van der Waals surface area contributed by atoms with Crippen LogP contribution in [0.5, 0.6) is 5.75 Å². The SMILES string of the molecule is COc1ccc(C(=O)N/N=C(/C)c2ccc(NC(=O)c3ccccc3)cc2)cc1. The van der Waals surface area contributed by atoms with Gasteiger partial charge in [-0.25, -0.2) is 5.43 Å². The number of anilines is 1. The van der Waals surface area contributed by atoms with Crippen LogP contribution in [0.3, 0.4) is 0 Å². The minimum Gasteiger partial charge on any atom is -0.497 e. The van der Waals surface area contributed by atoms with Gasteiger partial charge in [-0.3, -0.25) is 9.59 Å². The Kier molecular flexibility index (Phi) is 6.37. The second kappa shape index (κ2) is 9.32. The molecule has 0 saturated carbocycles. The highest BCUT2D eigenvalue weighted by atomic mass is 16.5. The molecule has 2 N–H and O–H groups in total. The van der Waals surface area contributed by atoms with Crippen molar-refractivity contribution in [1.29, 1.82) is 0 Å². The highest BCUT2D eigenvalue weighted by molar-refractivity contribution is 6.05.